The number of rotatable bonds is 6. The van der Waals surface area contributed by atoms with Crippen LogP contribution in [0.15, 0.2) is 46.6 Å². The van der Waals surface area contributed by atoms with Crippen LogP contribution in [0.5, 0.6) is 11.5 Å². The number of thioether (sulfide) groups is 1. The number of nitrogens with one attached hydrogen (secondary N) is 1. The average molecular weight is 424 g/mol. The van der Waals surface area contributed by atoms with Crippen LogP contribution >= 0.6 is 35.0 Å². The molecule has 0 atom stereocenters. The molecule has 6 nitrogen and oxygen atoms in total. The zero-order valence-corrected chi connectivity index (χ0v) is 16.6. The molecule has 1 heterocycles. The molecule has 0 aliphatic carbocycles. The lowest BCUT2D eigenvalue weighted by Gasteiger charge is -2.13. The van der Waals surface area contributed by atoms with Crippen LogP contribution in [0.3, 0.4) is 0 Å². The van der Waals surface area contributed by atoms with E-state index in [1.54, 1.807) is 43.7 Å². The Hall–Kier alpha value is -2.22. The number of benzene rings is 2. The van der Waals surface area contributed by atoms with Crippen molar-refractivity contribution in [2.75, 3.05) is 12.9 Å². The van der Waals surface area contributed by atoms with Crippen molar-refractivity contribution in [3.8, 4) is 11.5 Å². The van der Waals surface area contributed by atoms with Gasteiger partial charge in [-0.1, -0.05) is 41.0 Å². The fraction of sp³-hybridized carbons (Fsp3) is 0.167. The molecule has 3 rings (SSSR count). The van der Waals surface area contributed by atoms with Crippen molar-refractivity contribution < 1.29 is 14.3 Å². The zero-order valence-electron chi connectivity index (χ0n) is 14.2. The fourth-order valence-corrected chi connectivity index (χ4v) is 3.37. The number of amidine groups is 1. The van der Waals surface area contributed by atoms with Crippen molar-refractivity contribution in [1.29, 1.82) is 0 Å². The first-order valence-corrected chi connectivity index (χ1v) is 9.58. The summed E-state index contributed by atoms with van der Waals surface area (Å²) in [6.45, 7) is 0.215. The topological polar surface area (TPSA) is 72.3 Å². The van der Waals surface area contributed by atoms with Gasteiger partial charge < -0.3 is 14.8 Å². The molecule has 1 N–H and O–H groups in total. The third-order valence-corrected chi connectivity index (χ3v) is 5.13. The standard InChI is InChI=1S/C18H15Cl2N3O3S/c1-25-16-7-11(8-21-23-18-22-17(24)10-27-18)5-6-15(16)26-9-12-13(19)3-2-4-14(12)20/h2-8H,9-10H2,1H3,(H,22,23,24). The van der Waals surface area contributed by atoms with Crippen molar-refractivity contribution >= 4 is 52.3 Å². The SMILES string of the molecule is COc1cc(C=NN=C2NC(=O)CS2)ccc1OCc1c(Cl)cccc1Cl. The number of carbonyl (C=O) groups excluding carboxylic acids is 1. The Morgan fingerprint density at radius 3 is 2.67 bits per heavy atom. The minimum atomic E-state index is -0.0734. The molecule has 1 aliphatic rings. The van der Waals surface area contributed by atoms with Crippen molar-refractivity contribution in [2.45, 2.75) is 6.61 Å². The molecule has 0 bridgehead atoms. The van der Waals surface area contributed by atoms with E-state index >= 15 is 0 Å². The van der Waals surface area contributed by atoms with E-state index in [0.29, 0.717) is 38.0 Å². The molecule has 0 unspecified atom stereocenters. The predicted molar refractivity (Wildman–Crippen MR) is 109 cm³/mol. The van der Waals surface area contributed by atoms with Crippen molar-refractivity contribution in [2.24, 2.45) is 10.2 Å². The molecule has 140 valence electrons. The summed E-state index contributed by atoms with van der Waals surface area (Å²) in [5, 5.41) is 12.1. The van der Waals surface area contributed by atoms with Crippen LogP contribution in [-0.2, 0) is 11.4 Å². The molecule has 27 heavy (non-hydrogen) atoms. The van der Waals surface area contributed by atoms with E-state index in [4.69, 9.17) is 32.7 Å². The second kappa shape index (κ2) is 9.12. The quantitative estimate of drug-likeness (QED) is 0.559. The lowest BCUT2D eigenvalue weighted by molar-refractivity contribution is -0.116. The van der Waals surface area contributed by atoms with E-state index in [0.717, 1.165) is 5.56 Å². The third kappa shape index (κ3) is 5.15. The number of carbonyl (C=O) groups is 1. The maximum absolute atomic E-state index is 11.1. The van der Waals surface area contributed by atoms with Crippen LogP contribution in [-0.4, -0.2) is 30.2 Å². The highest BCUT2D eigenvalue weighted by Crippen LogP contribution is 2.31. The first-order valence-electron chi connectivity index (χ1n) is 7.84. The molecule has 0 spiro atoms. The number of ether oxygens (including phenoxy) is 2. The molecule has 1 saturated heterocycles. The molecule has 9 heteroatoms. The molecule has 1 fully saturated rings. The van der Waals surface area contributed by atoms with Crippen molar-refractivity contribution in [1.82, 2.24) is 5.32 Å². The minimum absolute atomic E-state index is 0.0734. The average Bonchev–Trinajstić information content (AvgIpc) is 3.07. The summed E-state index contributed by atoms with van der Waals surface area (Å²) in [7, 11) is 1.55. The van der Waals surface area contributed by atoms with Gasteiger partial charge in [-0.25, -0.2) is 0 Å². The summed E-state index contributed by atoms with van der Waals surface area (Å²) in [5.41, 5.74) is 1.48. The molecule has 1 amide bonds. The van der Waals surface area contributed by atoms with E-state index in [2.05, 4.69) is 15.5 Å². The van der Waals surface area contributed by atoms with Crippen LogP contribution in [0.25, 0.3) is 0 Å². The number of nitrogens with zero attached hydrogens (tertiary/aromatic N) is 2. The van der Waals surface area contributed by atoms with Gasteiger partial charge in [0.1, 0.15) is 6.61 Å². The van der Waals surface area contributed by atoms with E-state index < -0.39 is 0 Å². The number of methoxy groups -OCH3 is 1. The minimum Gasteiger partial charge on any atom is -0.493 e. The lowest BCUT2D eigenvalue weighted by atomic mass is 10.2. The number of halogens is 2. The molecular weight excluding hydrogens is 409 g/mol. The normalized spacial score (nSPS) is 15.4. The Morgan fingerprint density at radius 1 is 1.22 bits per heavy atom. The predicted octanol–water partition coefficient (Wildman–Crippen LogP) is 4.13. The van der Waals surface area contributed by atoms with Gasteiger partial charge in [0, 0.05) is 15.6 Å². The molecule has 2 aromatic rings. The van der Waals surface area contributed by atoms with Crippen LogP contribution in [0.1, 0.15) is 11.1 Å². The second-order valence-corrected chi connectivity index (χ2v) is 7.16. The Kier molecular flexibility index (Phi) is 6.60. The Balaban J connectivity index is 1.70. The number of hydrogen-bond donors (Lipinski definition) is 1. The van der Waals surface area contributed by atoms with Gasteiger partial charge in [-0.2, -0.15) is 5.10 Å². The second-order valence-electron chi connectivity index (χ2n) is 5.39. The number of hydrogen-bond acceptors (Lipinski definition) is 6. The summed E-state index contributed by atoms with van der Waals surface area (Å²) in [6, 6.07) is 10.7. The zero-order chi connectivity index (χ0) is 19.2. The molecular formula is C18H15Cl2N3O3S. The van der Waals surface area contributed by atoms with Gasteiger partial charge in [-0.3, -0.25) is 4.79 Å². The van der Waals surface area contributed by atoms with Gasteiger partial charge in [0.15, 0.2) is 16.7 Å². The Morgan fingerprint density at radius 2 is 2.00 bits per heavy atom. The van der Waals surface area contributed by atoms with Crippen molar-refractivity contribution in [3.05, 3.63) is 57.6 Å². The van der Waals surface area contributed by atoms with Crippen LogP contribution < -0.4 is 14.8 Å². The molecule has 0 radical (unpaired) electrons. The molecule has 0 saturated carbocycles. The van der Waals surface area contributed by atoms with E-state index in [9.17, 15) is 4.79 Å². The van der Waals surface area contributed by atoms with Gasteiger partial charge in [-0.05, 0) is 35.9 Å². The van der Waals surface area contributed by atoms with Gasteiger partial charge in [-0.15, -0.1) is 5.10 Å². The largest absolute Gasteiger partial charge is 0.493 e. The molecule has 2 aromatic carbocycles. The van der Waals surface area contributed by atoms with Crippen LogP contribution in [0.4, 0.5) is 0 Å². The van der Waals surface area contributed by atoms with Crippen LogP contribution in [0.2, 0.25) is 10.0 Å². The first kappa shape index (κ1) is 19.5. The summed E-state index contributed by atoms with van der Waals surface area (Å²) >= 11 is 13.6. The summed E-state index contributed by atoms with van der Waals surface area (Å²) in [6.07, 6.45) is 1.56. The van der Waals surface area contributed by atoms with E-state index in [-0.39, 0.29) is 12.5 Å². The van der Waals surface area contributed by atoms with Gasteiger partial charge >= 0.3 is 0 Å². The summed E-state index contributed by atoms with van der Waals surface area (Å²) in [4.78, 5) is 11.1. The van der Waals surface area contributed by atoms with Gasteiger partial charge in [0.05, 0.1) is 19.1 Å². The highest BCUT2D eigenvalue weighted by Gasteiger charge is 2.16. The fourth-order valence-electron chi connectivity index (χ4n) is 2.23. The van der Waals surface area contributed by atoms with E-state index in [1.807, 2.05) is 6.07 Å². The maximum Gasteiger partial charge on any atom is 0.236 e. The Bertz CT molecular complexity index is 898. The maximum atomic E-state index is 11.1. The third-order valence-electron chi connectivity index (χ3n) is 3.56. The smallest absolute Gasteiger partial charge is 0.236 e. The van der Waals surface area contributed by atoms with Crippen molar-refractivity contribution in [3.63, 3.8) is 0 Å². The highest BCUT2D eigenvalue weighted by atomic mass is 35.5. The van der Waals surface area contributed by atoms with Crippen LogP contribution in [0, 0.1) is 0 Å². The summed E-state index contributed by atoms with van der Waals surface area (Å²) in [5.74, 6) is 1.38. The lowest BCUT2D eigenvalue weighted by Crippen LogP contribution is -2.19. The van der Waals surface area contributed by atoms with Gasteiger partial charge in [0.2, 0.25) is 5.91 Å². The van der Waals surface area contributed by atoms with E-state index in [1.165, 1.54) is 11.8 Å². The highest BCUT2D eigenvalue weighted by molar-refractivity contribution is 8.15. The Labute approximate surface area is 170 Å². The summed E-state index contributed by atoms with van der Waals surface area (Å²) < 4.78 is 11.2. The van der Waals surface area contributed by atoms with Gasteiger partial charge in [0.25, 0.3) is 0 Å². The molecule has 0 aromatic heterocycles. The number of amides is 1. The first-order chi connectivity index (χ1) is 13.1. The molecule has 1 aliphatic heterocycles. The monoisotopic (exact) mass is 423 g/mol.